The molecule has 146 valence electrons. The van der Waals surface area contributed by atoms with Gasteiger partial charge >= 0.3 is 6.09 Å². The van der Waals surface area contributed by atoms with Gasteiger partial charge in [-0.3, -0.25) is 0 Å². The summed E-state index contributed by atoms with van der Waals surface area (Å²) in [5.41, 5.74) is 0.820. The van der Waals surface area contributed by atoms with Gasteiger partial charge in [-0.15, -0.1) is 0 Å². The average Bonchev–Trinajstić information content (AvgIpc) is 2.99. The van der Waals surface area contributed by atoms with Crippen molar-refractivity contribution in [2.24, 2.45) is 0 Å². The van der Waals surface area contributed by atoms with E-state index in [2.05, 4.69) is 17.4 Å². The SMILES string of the molecule is COc1ccc(COC(=O)N2C[C@@H](S)C[C@H]2CNS(=O)(=O)CCO)cc1. The number of rotatable bonds is 8. The van der Waals surface area contributed by atoms with E-state index >= 15 is 0 Å². The smallest absolute Gasteiger partial charge is 0.410 e. The third-order valence-electron chi connectivity index (χ3n) is 4.05. The van der Waals surface area contributed by atoms with Crippen molar-refractivity contribution < 1.29 is 27.8 Å². The Morgan fingerprint density at radius 2 is 2.08 bits per heavy atom. The molecule has 0 aromatic heterocycles. The number of carbonyl (C=O) groups is 1. The van der Waals surface area contributed by atoms with E-state index in [1.54, 1.807) is 31.4 Å². The van der Waals surface area contributed by atoms with Crippen molar-refractivity contribution in [3.8, 4) is 5.75 Å². The Balaban J connectivity index is 1.90. The van der Waals surface area contributed by atoms with Gasteiger partial charge < -0.3 is 19.5 Å². The van der Waals surface area contributed by atoms with Crippen LogP contribution in [0, 0.1) is 0 Å². The number of nitrogens with zero attached hydrogens (tertiary/aromatic N) is 1. The van der Waals surface area contributed by atoms with Crippen LogP contribution in [-0.4, -0.2) is 68.4 Å². The zero-order valence-corrected chi connectivity index (χ0v) is 16.2. The number of ether oxygens (including phenoxy) is 2. The predicted molar refractivity (Wildman–Crippen MR) is 99.9 cm³/mol. The minimum absolute atomic E-state index is 0.0455. The van der Waals surface area contributed by atoms with Gasteiger partial charge in [0.05, 0.1) is 19.5 Å². The van der Waals surface area contributed by atoms with Gasteiger partial charge in [-0.2, -0.15) is 12.6 Å². The van der Waals surface area contributed by atoms with Crippen molar-refractivity contribution >= 4 is 28.7 Å². The number of aliphatic hydroxyl groups excluding tert-OH is 1. The molecular weight excluding hydrogens is 380 g/mol. The van der Waals surface area contributed by atoms with Crippen molar-refractivity contribution in [1.82, 2.24) is 9.62 Å². The molecule has 1 aromatic carbocycles. The summed E-state index contributed by atoms with van der Waals surface area (Å²) in [6.07, 6.45) is 0.0475. The molecule has 0 unspecified atom stereocenters. The predicted octanol–water partition coefficient (Wildman–Crippen LogP) is 0.616. The van der Waals surface area contributed by atoms with Gasteiger partial charge in [0.1, 0.15) is 12.4 Å². The van der Waals surface area contributed by atoms with Crippen LogP contribution in [0.1, 0.15) is 12.0 Å². The summed E-state index contributed by atoms with van der Waals surface area (Å²) >= 11 is 4.39. The molecule has 1 aliphatic heterocycles. The number of carbonyl (C=O) groups excluding carboxylic acids is 1. The number of hydrogen-bond acceptors (Lipinski definition) is 7. The second kappa shape index (κ2) is 9.45. The highest BCUT2D eigenvalue weighted by molar-refractivity contribution is 7.89. The number of methoxy groups -OCH3 is 1. The maximum absolute atomic E-state index is 12.4. The van der Waals surface area contributed by atoms with Crippen LogP contribution in [0.25, 0.3) is 0 Å². The van der Waals surface area contributed by atoms with E-state index in [1.165, 1.54) is 4.90 Å². The van der Waals surface area contributed by atoms with Crippen LogP contribution in [-0.2, 0) is 21.4 Å². The summed E-state index contributed by atoms with van der Waals surface area (Å²) in [6, 6.07) is 6.83. The van der Waals surface area contributed by atoms with E-state index in [0.717, 1.165) is 5.56 Å². The maximum atomic E-state index is 12.4. The van der Waals surface area contributed by atoms with E-state index in [4.69, 9.17) is 14.6 Å². The molecule has 1 heterocycles. The number of sulfonamides is 1. The highest BCUT2D eigenvalue weighted by Crippen LogP contribution is 2.23. The molecule has 1 saturated heterocycles. The van der Waals surface area contributed by atoms with Crippen LogP contribution in [0.2, 0.25) is 0 Å². The lowest BCUT2D eigenvalue weighted by molar-refractivity contribution is 0.0927. The zero-order chi connectivity index (χ0) is 19.2. The number of aliphatic hydroxyl groups is 1. The van der Waals surface area contributed by atoms with Crippen molar-refractivity contribution in [3.05, 3.63) is 29.8 Å². The van der Waals surface area contributed by atoms with Crippen molar-refractivity contribution in [2.45, 2.75) is 24.3 Å². The molecule has 0 bridgehead atoms. The molecule has 2 N–H and O–H groups in total. The van der Waals surface area contributed by atoms with Crippen LogP contribution in [0.5, 0.6) is 5.75 Å². The van der Waals surface area contributed by atoms with E-state index in [9.17, 15) is 13.2 Å². The molecule has 0 radical (unpaired) electrons. The van der Waals surface area contributed by atoms with E-state index in [0.29, 0.717) is 18.7 Å². The normalized spacial score (nSPS) is 20.2. The Hall–Kier alpha value is -1.49. The lowest BCUT2D eigenvalue weighted by atomic mass is 10.2. The summed E-state index contributed by atoms with van der Waals surface area (Å²) < 4.78 is 36.2. The second-order valence-corrected chi connectivity index (χ2v) is 8.65. The number of likely N-dealkylation sites (tertiary alicyclic amines) is 1. The minimum atomic E-state index is -3.56. The van der Waals surface area contributed by atoms with Gasteiger partial charge in [0.2, 0.25) is 10.0 Å². The molecule has 0 aliphatic carbocycles. The standard InChI is InChI=1S/C16H24N2O6S2/c1-23-14-4-2-12(3-5-14)11-24-16(20)18-10-15(25)8-13(18)9-17-26(21,22)7-6-19/h2-5,13,15,17,19,25H,6-11H2,1H3/t13-,15-/m0/s1. The molecule has 1 aliphatic rings. The van der Waals surface area contributed by atoms with Gasteiger partial charge in [-0.05, 0) is 24.1 Å². The molecule has 2 atom stereocenters. The first-order chi connectivity index (χ1) is 12.3. The summed E-state index contributed by atoms with van der Waals surface area (Å²) in [4.78, 5) is 13.9. The van der Waals surface area contributed by atoms with Gasteiger partial charge in [0.15, 0.2) is 0 Å². The topological polar surface area (TPSA) is 105 Å². The molecule has 26 heavy (non-hydrogen) atoms. The Morgan fingerprint density at radius 1 is 1.38 bits per heavy atom. The first kappa shape index (κ1) is 20.8. The van der Waals surface area contributed by atoms with E-state index < -0.39 is 22.7 Å². The second-order valence-electron chi connectivity index (χ2n) is 5.99. The molecular formula is C16H24N2O6S2. The Kier molecular flexibility index (Phi) is 7.56. The molecule has 0 saturated carbocycles. The summed E-state index contributed by atoms with van der Waals surface area (Å²) in [5, 5.41) is 8.72. The van der Waals surface area contributed by atoms with Crippen molar-refractivity contribution in [3.63, 3.8) is 0 Å². The first-order valence-electron chi connectivity index (χ1n) is 8.17. The summed E-state index contributed by atoms with van der Waals surface area (Å²) in [6.45, 7) is 0.107. The van der Waals surface area contributed by atoms with E-state index in [1.807, 2.05) is 0 Å². The van der Waals surface area contributed by atoms with Gasteiger partial charge in [0, 0.05) is 24.4 Å². The van der Waals surface area contributed by atoms with E-state index in [-0.39, 0.29) is 30.2 Å². The van der Waals surface area contributed by atoms with Crippen molar-refractivity contribution in [2.75, 3.05) is 32.6 Å². The Bertz CT molecular complexity index is 695. The highest BCUT2D eigenvalue weighted by Gasteiger charge is 2.35. The largest absolute Gasteiger partial charge is 0.497 e. The summed E-state index contributed by atoms with van der Waals surface area (Å²) in [7, 11) is -1.99. The molecule has 10 heteroatoms. The number of hydrogen-bond donors (Lipinski definition) is 3. The minimum Gasteiger partial charge on any atom is -0.497 e. The fourth-order valence-electron chi connectivity index (χ4n) is 2.67. The fourth-order valence-corrected chi connectivity index (χ4v) is 3.92. The van der Waals surface area contributed by atoms with Gasteiger partial charge in [-0.1, -0.05) is 12.1 Å². The molecule has 8 nitrogen and oxygen atoms in total. The Labute approximate surface area is 158 Å². The molecule has 2 rings (SSSR count). The maximum Gasteiger partial charge on any atom is 0.410 e. The third-order valence-corrected chi connectivity index (χ3v) is 5.75. The number of thiol groups is 1. The lowest BCUT2D eigenvalue weighted by Crippen LogP contribution is -2.44. The molecule has 1 aromatic rings. The van der Waals surface area contributed by atoms with Crippen LogP contribution >= 0.6 is 12.6 Å². The first-order valence-corrected chi connectivity index (χ1v) is 10.3. The van der Waals surface area contributed by atoms with Gasteiger partial charge in [-0.25, -0.2) is 17.9 Å². The van der Waals surface area contributed by atoms with Crippen LogP contribution in [0.4, 0.5) is 4.79 Å². The van der Waals surface area contributed by atoms with Crippen molar-refractivity contribution in [1.29, 1.82) is 0 Å². The lowest BCUT2D eigenvalue weighted by Gasteiger charge is -2.24. The number of amides is 1. The third kappa shape index (κ3) is 6.04. The monoisotopic (exact) mass is 404 g/mol. The van der Waals surface area contributed by atoms with Crippen LogP contribution in [0.15, 0.2) is 24.3 Å². The highest BCUT2D eigenvalue weighted by atomic mass is 32.2. The van der Waals surface area contributed by atoms with Crippen LogP contribution < -0.4 is 9.46 Å². The molecule has 1 amide bonds. The zero-order valence-electron chi connectivity index (χ0n) is 14.5. The molecule has 1 fully saturated rings. The number of nitrogens with one attached hydrogen (secondary N) is 1. The number of benzene rings is 1. The quantitative estimate of drug-likeness (QED) is 0.549. The molecule has 0 spiro atoms. The Morgan fingerprint density at radius 3 is 2.69 bits per heavy atom. The van der Waals surface area contributed by atoms with Crippen LogP contribution in [0.3, 0.4) is 0 Å². The fraction of sp³-hybridized carbons (Fsp3) is 0.562. The summed E-state index contributed by atoms with van der Waals surface area (Å²) in [5.74, 6) is 0.346. The average molecular weight is 405 g/mol. The van der Waals surface area contributed by atoms with Gasteiger partial charge in [0.25, 0.3) is 0 Å².